The standard InChI is InChI=1S/C19H16N6O2/c26-17(13-9-14(11-20-10-13)25-8-6-21-23-25)24-7-5-19(12-24)15-3-1-2-4-16(15)22-18(19)27/h1-4,6,8-11H,5,7,12H2,(H,22,27). The van der Waals surface area contributed by atoms with Crippen LogP contribution in [-0.2, 0) is 10.2 Å². The summed E-state index contributed by atoms with van der Waals surface area (Å²) in [6.07, 6.45) is 7.02. The van der Waals surface area contributed by atoms with E-state index < -0.39 is 5.41 Å². The first-order valence-electron chi connectivity index (χ1n) is 8.69. The Labute approximate surface area is 154 Å². The number of rotatable bonds is 2. The first kappa shape index (κ1) is 15.7. The zero-order chi connectivity index (χ0) is 18.4. The molecule has 1 atom stereocenters. The summed E-state index contributed by atoms with van der Waals surface area (Å²) in [6.45, 7) is 0.885. The van der Waals surface area contributed by atoms with Gasteiger partial charge in [-0.05, 0) is 24.1 Å². The SMILES string of the molecule is O=C(c1cncc(-n2ccnn2)c1)N1CCC2(C1)C(=O)Nc1ccccc12. The van der Waals surface area contributed by atoms with E-state index >= 15 is 0 Å². The van der Waals surface area contributed by atoms with Crippen molar-refractivity contribution in [1.82, 2.24) is 24.9 Å². The van der Waals surface area contributed by atoms with Crippen molar-refractivity contribution >= 4 is 17.5 Å². The number of pyridine rings is 1. The molecule has 2 aliphatic heterocycles. The molecule has 8 nitrogen and oxygen atoms in total. The predicted octanol–water partition coefficient (Wildman–Crippen LogP) is 1.40. The molecule has 1 fully saturated rings. The van der Waals surface area contributed by atoms with E-state index in [-0.39, 0.29) is 11.8 Å². The zero-order valence-electron chi connectivity index (χ0n) is 14.4. The number of likely N-dealkylation sites (tertiary alicyclic amines) is 1. The molecule has 8 heteroatoms. The minimum absolute atomic E-state index is 0.0338. The molecule has 1 N–H and O–H groups in total. The number of hydrogen-bond donors (Lipinski definition) is 1. The average molecular weight is 360 g/mol. The summed E-state index contributed by atoms with van der Waals surface area (Å²) in [5.41, 5.74) is 2.28. The van der Waals surface area contributed by atoms with Crippen LogP contribution in [0.1, 0.15) is 22.3 Å². The number of aromatic nitrogens is 4. The molecule has 1 saturated heterocycles. The largest absolute Gasteiger partial charge is 0.337 e. The molecule has 1 unspecified atom stereocenters. The number of benzene rings is 1. The van der Waals surface area contributed by atoms with Gasteiger partial charge in [-0.1, -0.05) is 23.4 Å². The van der Waals surface area contributed by atoms with E-state index in [4.69, 9.17) is 0 Å². The summed E-state index contributed by atoms with van der Waals surface area (Å²) in [4.78, 5) is 31.6. The Balaban J connectivity index is 1.44. The Morgan fingerprint density at radius 1 is 1.22 bits per heavy atom. The summed E-state index contributed by atoms with van der Waals surface area (Å²) >= 11 is 0. The van der Waals surface area contributed by atoms with Gasteiger partial charge in [-0.25, -0.2) is 4.68 Å². The van der Waals surface area contributed by atoms with Crippen LogP contribution in [0, 0.1) is 0 Å². The fourth-order valence-electron chi connectivity index (χ4n) is 3.96. The Kier molecular flexibility index (Phi) is 3.33. The van der Waals surface area contributed by atoms with Crippen molar-refractivity contribution in [2.45, 2.75) is 11.8 Å². The van der Waals surface area contributed by atoms with Crippen molar-refractivity contribution in [3.63, 3.8) is 0 Å². The van der Waals surface area contributed by atoms with Crippen molar-refractivity contribution in [1.29, 1.82) is 0 Å². The van der Waals surface area contributed by atoms with Crippen molar-refractivity contribution in [3.8, 4) is 5.69 Å². The molecule has 0 bridgehead atoms. The van der Waals surface area contributed by atoms with E-state index in [2.05, 4.69) is 20.6 Å². The molecule has 3 aromatic rings. The highest BCUT2D eigenvalue weighted by atomic mass is 16.2. The summed E-state index contributed by atoms with van der Waals surface area (Å²) in [5.74, 6) is -0.174. The number of carbonyl (C=O) groups is 2. The molecule has 4 heterocycles. The van der Waals surface area contributed by atoms with Gasteiger partial charge in [0, 0.05) is 25.0 Å². The molecule has 0 radical (unpaired) electrons. The Hall–Kier alpha value is -3.55. The number of anilines is 1. The second-order valence-corrected chi connectivity index (χ2v) is 6.84. The van der Waals surface area contributed by atoms with E-state index in [0.29, 0.717) is 30.8 Å². The highest BCUT2D eigenvalue weighted by molar-refractivity contribution is 6.07. The summed E-state index contributed by atoms with van der Waals surface area (Å²) in [6, 6.07) is 9.43. The lowest BCUT2D eigenvalue weighted by atomic mass is 9.81. The number of nitrogens with zero attached hydrogens (tertiary/aromatic N) is 5. The van der Waals surface area contributed by atoms with Crippen LogP contribution in [0.25, 0.3) is 5.69 Å². The van der Waals surface area contributed by atoms with Gasteiger partial charge in [0.2, 0.25) is 5.91 Å². The number of fused-ring (bicyclic) bond motifs is 2. The molecular formula is C19H16N6O2. The van der Waals surface area contributed by atoms with Crippen molar-refractivity contribution in [2.24, 2.45) is 0 Å². The van der Waals surface area contributed by atoms with Crippen LogP contribution < -0.4 is 5.32 Å². The third kappa shape index (κ3) is 2.33. The minimum atomic E-state index is -0.663. The smallest absolute Gasteiger partial charge is 0.255 e. The van der Waals surface area contributed by atoms with Crippen molar-refractivity contribution in [2.75, 3.05) is 18.4 Å². The van der Waals surface area contributed by atoms with Gasteiger partial charge in [0.05, 0.1) is 35.3 Å². The van der Waals surface area contributed by atoms with Crippen LogP contribution in [0.4, 0.5) is 5.69 Å². The Morgan fingerprint density at radius 3 is 2.96 bits per heavy atom. The van der Waals surface area contributed by atoms with Gasteiger partial charge in [-0.2, -0.15) is 0 Å². The van der Waals surface area contributed by atoms with E-state index in [1.807, 2.05) is 24.3 Å². The van der Waals surface area contributed by atoms with Gasteiger partial charge in [-0.15, -0.1) is 5.10 Å². The lowest BCUT2D eigenvalue weighted by Gasteiger charge is -2.22. The summed E-state index contributed by atoms with van der Waals surface area (Å²) < 4.78 is 1.55. The van der Waals surface area contributed by atoms with Gasteiger partial charge in [0.25, 0.3) is 5.91 Å². The monoisotopic (exact) mass is 360 g/mol. The molecule has 0 aliphatic carbocycles. The summed E-state index contributed by atoms with van der Waals surface area (Å²) in [5, 5.41) is 10.6. The van der Waals surface area contributed by atoms with Crippen molar-refractivity contribution in [3.05, 3.63) is 66.2 Å². The van der Waals surface area contributed by atoms with E-state index in [1.165, 1.54) is 6.20 Å². The molecule has 2 amide bonds. The molecule has 27 heavy (non-hydrogen) atoms. The number of amides is 2. The Morgan fingerprint density at radius 2 is 2.11 bits per heavy atom. The lowest BCUT2D eigenvalue weighted by Crippen LogP contribution is -2.39. The van der Waals surface area contributed by atoms with E-state index in [0.717, 1.165) is 11.3 Å². The molecule has 2 aliphatic rings. The maximum Gasteiger partial charge on any atom is 0.255 e. The third-order valence-corrected chi connectivity index (χ3v) is 5.34. The molecular weight excluding hydrogens is 344 g/mol. The third-order valence-electron chi connectivity index (χ3n) is 5.34. The number of nitrogens with one attached hydrogen (secondary N) is 1. The molecule has 1 aromatic carbocycles. The van der Waals surface area contributed by atoms with Crippen LogP contribution in [0.3, 0.4) is 0 Å². The van der Waals surface area contributed by atoms with Crippen molar-refractivity contribution < 1.29 is 9.59 Å². The van der Waals surface area contributed by atoms with Crippen LogP contribution in [0.5, 0.6) is 0 Å². The second kappa shape index (κ2) is 5.73. The van der Waals surface area contributed by atoms with Gasteiger partial charge < -0.3 is 10.2 Å². The van der Waals surface area contributed by atoms with E-state index in [9.17, 15) is 9.59 Å². The molecule has 2 aromatic heterocycles. The van der Waals surface area contributed by atoms with Crippen LogP contribution in [0.2, 0.25) is 0 Å². The predicted molar refractivity (Wildman–Crippen MR) is 96.4 cm³/mol. The lowest BCUT2D eigenvalue weighted by molar-refractivity contribution is -0.120. The van der Waals surface area contributed by atoms with Crippen LogP contribution in [0.15, 0.2) is 55.1 Å². The normalized spacial score (nSPS) is 20.7. The Bertz CT molecular complexity index is 1050. The summed E-state index contributed by atoms with van der Waals surface area (Å²) in [7, 11) is 0. The second-order valence-electron chi connectivity index (χ2n) is 6.84. The highest BCUT2D eigenvalue weighted by Crippen LogP contribution is 2.44. The number of para-hydroxylation sites is 1. The van der Waals surface area contributed by atoms with Crippen LogP contribution >= 0.6 is 0 Å². The maximum atomic E-state index is 13.0. The first-order valence-corrected chi connectivity index (χ1v) is 8.69. The molecule has 1 spiro atoms. The average Bonchev–Trinajstić information content (AvgIpc) is 3.43. The first-order chi connectivity index (χ1) is 13.2. The van der Waals surface area contributed by atoms with Gasteiger partial charge in [0.15, 0.2) is 0 Å². The highest BCUT2D eigenvalue weighted by Gasteiger charge is 2.52. The minimum Gasteiger partial charge on any atom is -0.337 e. The molecule has 0 saturated carbocycles. The number of carbonyl (C=O) groups excluding carboxylic acids is 2. The topological polar surface area (TPSA) is 93.0 Å². The molecule has 134 valence electrons. The van der Waals surface area contributed by atoms with Crippen LogP contribution in [-0.4, -0.2) is 49.8 Å². The van der Waals surface area contributed by atoms with Gasteiger partial charge in [0.1, 0.15) is 0 Å². The quantitative estimate of drug-likeness (QED) is 0.746. The van der Waals surface area contributed by atoms with Gasteiger partial charge >= 0.3 is 0 Å². The zero-order valence-corrected chi connectivity index (χ0v) is 14.4. The molecule has 5 rings (SSSR count). The fourth-order valence-corrected chi connectivity index (χ4v) is 3.96. The van der Waals surface area contributed by atoms with E-state index in [1.54, 1.807) is 34.2 Å². The number of hydrogen-bond acceptors (Lipinski definition) is 5. The van der Waals surface area contributed by atoms with Gasteiger partial charge in [-0.3, -0.25) is 14.6 Å². The fraction of sp³-hybridized carbons (Fsp3) is 0.211. The maximum absolute atomic E-state index is 13.0.